The second-order valence-electron chi connectivity index (χ2n) is 8.00. The van der Waals surface area contributed by atoms with Gasteiger partial charge >= 0.3 is 11.9 Å². The van der Waals surface area contributed by atoms with Crippen molar-refractivity contribution in [1.82, 2.24) is 4.57 Å². The lowest BCUT2D eigenvalue weighted by Crippen LogP contribution is -2.22. The molecule has 0 atom stereocenters. The van der Waals surface area contributed by atoms with Gasteiger partial charge in [-0.2, -0.15) is 4.99 Å². The number of hydrogen-bond acceptors (Lipinski definition) is 9. The Balaban J connectivity index is 1.62. The average Bonchev–Trinajstić information content (AvgIpc) is 3.28. The van der Waals surface area contributed by atoms with Crippen molar-refractivity contribution in [3.05, 3.63) is 82.7 Å². The fourth-order valence-electron chi connectivity index (χ4n) is 3.55. The van der Waals surface area contributed by atoms with Crippen LogP contribution in [0.15, 0.2) is 76.6 Å². The van der Waals surface area contributed by atoms with Crippen molar-refractivity contribution in [3.8, 4) is 5.75 Å². The van der Waals surface area contributed by atoms with Gasteiger partial charge in [0.2, 0.25) is 0 Å². The summed E-state index contributed by atoms with van der Waals surface area (Å²) in [6.07, 6.45) is 0. The van der Waals surface area contributed by atoms with Crippen LogP contribution < -0.4 is 14.3 Å². The van der Waals surface area contributed by atoms with Crippen molar-refractivity contribution in [3.63, 3.8) is 0 Å². The number of nitrogens with one attached hydrogen (secondary N) is 1. The molecule has 0 aliphatic rings. The first kappa shape index (κ1) is 27.5. The van der Waals surface area contributed by atoms with Crippen LogP contribution in [0, 0.1) is 0 Å². The number of nitrogens with zero attached hydrogens (tertiary/aromatic N) is 2. The molecule has 0 saturated carbocycles. The first-order chi connectivity index (χ1) is 18.6. The number of methoxy groups -OCH3 is 3. The predicted molar refractivity (Wildman–Crippen MR) is 143 cm³/mol. The van der Waals surface area contributed by atoms with Gasteiger partial charge in [0, 0.05) is 11.3 Å². The maximum absolute atomic E-state index is 13.0. The number of amides is 1. The van der Waals surface area contributed by atoms with E-state index in [0.717, 1.165) is 11.3 Å². The minimum Gasteiger partial charge on any atom is -0.497 e. The fraction of sp³-hybridized carbons (Fsp3) is 0.154. The molecule has 1 aromatic heterocycles. The molecular weight excluding hydrogens is 546 g/mol. The van der Waals surface area contributed by atoms with E-state index in [1.807, 2.05) is 0 Å². The third-order valence-corrected chi connectivity index (χ3v) is 8.01. The molecule has 0 bridgehead atoms. The summed E-state index contributed by atoms with van der Waals surface area (Å²) in [5, 5.41) is 0. The molecule has 3 aromatic carbocycles. The van der Waals surface area contributed by atoms with E-state index in [-0.39, 0.29) is 27.5 Å². The van der Waals surface area contributed by atoms with Crippen molar-refractivity contribution in [1.29, 1.82) is 0 Å². The molecule has 202 valence electrons. The van der Waals surface area contributed by atoms with E-state index in [9.17, 15) is 22.8 Å². The SMILES string of the molecule is COC(=O)Cn1c(=NC(=O)c2ccc(NS(=O)(=O)c3ccc(OC)cc3)cc2)sc2cc(C(=O)OC)ccc21. The Bertz CT molecular complexity index is 1720. The Morgan fingerprint density at radius 2 is 1.56 bits per heavy atom. The molecule has 0 radical (unpaired) electrons. The van der Waals surface area contributed by atoms with Gasteiger partial charge in [0.1, 0.15) is 12.3 Å². The molecule has 13 heteroatoms. The van der Waals surface area contributed by atoms with Crippen LogP contribution in [0.25, 0.3) is 10.2 Å². The zero-order valence-electron chi connectivity index (χ0n) is 21.0. The lowest BCUT2D eigenvalue weighted by molar-refractivity contribution is -0.141. The zero-order valence-corrected chi connectivity index (χ0v) is 22.7. The highest BCUT2D eigenvalue weighted by Crippen LogP contribution is 2.22. The minimum absolute atomic E-state index is 0.0498. The molecule has 0 unspecified atom stereocenters. The van der Waals surface area contributed by atoms with Gasteiger partial charge < -0.3 is 18.8 Å². The highest BCUT2D eigenvalue weighted by Gasteiger charge is 2.17. The molecular formula is C26H23N3O8S2. The number of fused-ring (bicyclic) bond motifs is 1. The smallest absolute Gasteiger partial charge is 0.337 e. The molecule has 1 amide bonds. The number of hydrogen-bond donors (Lipinski definition) is 1. The summed E-state index contributed by atoms with van der Waals surface area (Å²) in [4.78, 5) is 41.4. The summed E-state index contributed by atoms with van der Waals surface area (Å²) in [6.45, 7) is -0.202. The zero-order chi connectivity index (χ0) is 28.2. The van der Waals surface area contributed by atoms with Gasteiger partial charge in [-0.05, 0) is 66.7 Å². The van der Waals surface area contributed by atoms with Crippen LogP contribution in [0.2, 0.25) is 0 Å². The fourth-order valence-corrected chi connectivity index (χ4v) is 5.68. The van der Waals surface area contributed by atoms with E-state index in [1.54, 1.807) is 18.2 Å². The minimum atomic E-state index is -3.86. The van der Waals surface area contributed by atoms with E-state index in [0.29, 0.717) is 21.5 Å². The molecule has 0 aliphatic heterocycles. The van der Waals surface area contributed by atoms with Gasteiger partial charge in [-0.15, -0.1) is 0 Å². The van der Waals surface area contributed by atoms with E-state index < -0.39 is 27.9 Å². The first-order valence-corrected chi connectivity index (χ1v) is 13.6. The van der Waals surface area contributed by atoms with Crippen LogP contribution in [0.1, 0.15) is 20.7 Å². The maximum atomic E-state index is 13.0. The number of thiazole rings is 1. The van der Waals surface area contributed by atoms with Crippen molar-refractivity contribution < 1.29 is 37.0 Å². The maximum Gasteiger partial charge on any atom is 0.337 e. The number of carbonyl (C=O) groups is 3. The molecule has 0 aliphatic carbocycles. The molecule has 1 N–H and O–H groups in total. The molecule has 0 spiro atoms. The van der Waals surface area contributed by atoms with Crippen LogP contribution in [-0.4, -0.2) is 52.2 Å². The van der Waals surface area contributed by atoms with Gasteiger partial charge in [0.05, 0.1) is 42.0 Å². The molecule has 0 fully saturated rings. The van der Waals surface area contributed by atoms with Crippen molar-refractivity contribution >= 4 is 55.1 Å². The summed E-state index contributed by atoms with van der Waals surface area (Å²) in [6, 6.07) is 16.4. The monoisotopic (exact) mass is 569 g/mol. The Labute approximate surface area is 227 Å². The summed E-state index contributed by atoms with van der Waals surface area (Å²) in [5.74, 6) is -1.16. The number of ether oxygens (including phenoxy) is 3. The van der Waals surface area contributed by atoms with E-state index >= 15 is 0 Å². The van der Waals surface area contributed by atoms with Crippen molar-refractivity contribution in [2.75, 3.05) is 26.1 Å². The van der Waals surface area contributed by atoms with Crippen LogP contribution in [-0.2, 0) is 30.8 Å². The van der Waals surface area contributed by atoms with Gasteiger partial charge in [-0.3, -0.25) is 14.3 Å². The summed E-state index contributed by atoms with van der Waals surface area (Å²) in [5.41, 5.74) is 1.33. The third-order valence-electron chi connectivity index (χ3n) is 5.57. The Morgan fingerprint density at radius 3 is 2.18 bits per heavy atom. The largest absolute Gasteiger partial charge is 0.497 e. The van der Waals surface area contributed by atoms with Crippen molar-refractivity contribution in [2.24, 2.45) is 4.99 Å². The van der Waals surface area contributed by atoms with Crippen LogP contribution in [0.3, 0.4) is 0 Å². The number of aromatic nitrogens is 1. The number of anilines is 1. The van der Waals surface area contributed by atoms with E-state index in [1.165, 1.54) is 74.4 Å². The van der Waals surface area contributed by atoms with Crippen LogP contribution >= 0.6 is 11.3 Å². The predicted octanol–water partition coefficient (Wildman–Crippen LogP) is 3.21. The quantitative estimate of drug-likeness (QED) is 0.319. The molecule has 0 saturated heterocycles. The highest BCUT2D eigenvalue weighted by molar-refractivity contribution is 7.92. The standard InChI is InChI=1S/C26H23N3O8S2/c1-35-19-9-11-20(12-10-19)39(33,34)28-18-7-4-16(5-8-18)24(31)27-26-29(15-23(30)36-2)21-13-6-17(25(32)37-3)14-22(21)38-26/h4-14,28H,15H2,1-3H3. The molecule has 4 aromatic rings. The summed E-state index contributed by atoms with van der Waals surface area (Å²) in [7, 11) is 0.145. The third kappa shape index (κ3) is 6.16. The van der Waals surface area contributed by atoms with Crippen molar-refractivity contribution in [2.45, 2.75) is 11.4 Å². The Hall–Kier alpha value is -4.49. The van der Waals surface area contributed by atoms with E-state index in [2.05, 4.69) is 9.71 Å². The van der Waals surface area contributed by atoms with Crippen LogP contribution in [0.5, 0.6) is 5.75 Å². The van der Waals surface area contributed by atoms with Gasteiger partial charge in [-0.1, -0.05) is 11.3 Å². The normalized spacial score (nSPS) is 11.7. The number of benzene rings is 3. The van der Waals surface area contributed by atoms with E-state index in [4.69, 9.17) is 14.2 Å². The lowest BCUT2D eigenvalue weighted by Gasteiger charge is -2.09. The molecule has 4 rings (SSSR count). The topological polar surface area (TPSA) is 142 Å². The van der Waals surface area contributed by atoms with Gasteiger partial charge in [-0.25, -0.2) is 13.2 Å². The van der Waals surface area contributed by atoms with Gasteiger partial charge in [0.25, 0.3) is 15.9 Å². The highest BCUT2D eigenvalue weighted by atomic mass is 32.2. The summed E-state index contributed by atoms with van der Waals surface area (Å²) >= 11 is 1.11. The number of sulfonamides is 1. The van der Waals surface area contributed by atoms with Gasteiger partial charge in [0.15, 0.2) is 4.80 Å². The van der Waals surface area contributed by atoms with Crippen LogP contribution in [0.4, 0.5) is 5.69 Å². The summed E-state index contributed by atoms with van der Waals surface area (Å²) < 4.78 is 44.5. The lowest BCUT2D eigenvalue weighted by atomic mass is 10.2. The number of esters is 2. The molecule has 11 nitrogen and oxygen atoms in total. The number of carbonyl (C=O) groups excluding carboxylic acids is 3. The second kappa shape index (κ2) is 11.5. The Kier molecular flexibility index (Phi) is 8.12. The number of rotatable bonds is 8. The second-order valence-corrected chi connectivity index (χ2v) is 10.7. The average molecular weight is 570 g/mol. The first-order valence-electron chi connectivity index (χ1n) is 11.3. The molecule has 39 heavy (non-hydrogen) atoms. The molecule has 1 heterocycles. The Morgan fingerprint density at radius 1 is 0.897 bits per heavy atom.